The summed E-state index contributed by atoms with van der Waals surface area (Å²) < 4.78 is 4.71. The Balaban J connectivity index is 2.42. The molecule has 0 spiro atoms. The minimum absolute atomic E-state index is 0.450. The fourth-order valence-electron chi connectivity index (χ4n) is 1.37. The Morgan fingerprint density at radius 1 is 1.21 bits per heavy atom. The Labute approximate surface area is 84.9 Å². The van der Waals surface area contributed by atoms with Crippen LogP contribution >= 0.6 is 0 Å². The first-order chi connectivity index (χ1) is 6.86. The van der Waals surface area contributed by atoms with Crippen molar-refractivity contribution in [2.75, 3.05) is 0 Å². The second kappa shape index (κ2) is 6.19. The van der Waals surface area contributed by atoms with Crippen molar-refractivity contribution < 1.29 is 9.53 Å². The largest absolute Gasteiger partial charge is 0.429 e. The first kappa shape index (κ1) is 10.8. The third-order valence-electron chi connectivity index (χ3n) is 2.18. The highest BCUT2D eigenvalue weighted by molar-refractivity contribution is 5.45. The Morgan fingerprint density at radius 3 is 2.50 bits per heavy atom. The molecule has 0 radical (unpaired) electrons. The predicted molar refractivity (Wildman–Crippen MR) is 56.4 cm³/mol. The maximum absolute atomic E-state index is 10.0. The van der Waals surface area contributed by atoms with Crippen LogP contribution < -0.4 is 4.74 Å². The fourth-order valence-corrected chi connectivity index (χ4v) is 1.37. The summed E-state index contributed by atoms with van der Waals surface area (Å²) in [6.07, 6.45) is 4.85. The van der Waals surface area contributed by atoms with E-state index in [9.17, 15) is 4.79 Å². The molecule has 0 aliphatic carbocycles. The topological polar surface area (TPSA) is 26.3 Å². The number of ether oxygens (including phenoxy) is 1. The number of rotatable bonds is 6. The maximum Gasteiger partial charge on any atom is 0.298 e. The molecule has 1 aromatic rings. The lowest BCUT2D eigenvalue weighted by Crippen LogP contribution is -1.89. The zero-order valence-electron chi connectivity index (χ0n) is 8.53. The lowest BCUT2D eigenvalue weighted by molar-refractivity contribution is -0.120. The van der Waals surface area contributed by atoms with Crippen molar-refractivity contribution in [1.82, 2.24) is 0 Å². The minimum atomic E-state index is 0.450. The van der Waals surface area contributed by atoms with Crippen LogP contribution in [0, 0.1) is 0 Å². The Bertz CT molecular complexity index is 264. The van der Waals surface area contributed by atoms with E-state index in [1.807, 2.05) is 24.3 Å². The predicted octanol–water partition coefficient (Wildman–Crippen LogP) is 2.95. The molecule has 0 N–H and O–H groups in total. The number of benzene rings is 1. The van der Waals surface area contributed by atoms with Gasteiger partial charge in [-0.25, -0.2) is 0 Å². The smallest absolute Gasteiger partial charge is 0.298 e. The van der Waals surface area contributed by atoms with Gasteiger partial charge < -0.3 is 4.74 Å². The third kappa shape index (κ3) is 3.60. The zero-order valence-corrected chi connectivity index (χ0v) is 8.53. The van der Waals surface area contributed by atoms with Crippen molar-refractivity contribution in [3.63, 3.8) is 0 Å². The van der Waals surface area contributed by atoms with Crippen molar-refractivity contribution >= 4 is 6.47 Å². The van der Waals surface area contributed by atoms with Gasteiger partial charge >= 0.3 is 0 Å². The number of unbranched alkanes of at least 4 members (excludes halogenated alkanes) is 2. The quantitative estimate of drug-likeness (QED) is 0.511. The van der Waals surface area contributed by atoms with Crippen molar-refractivity contribution in [1.29, 1.82) is 0 Å². The summed E-state index contributed by atoms with van der Waals surface area (Å²) in [5, 5.41) is 0. The van der Waals surface area contributed by atoms with Gasteiger partial charge in [-0.3, -0.25) is 4.79 Å². The van der Waals surface area contributed by atoms with Gasteiger partial charge in [-0.1, -0.05) is 31.9 Å². The third-order valence-corrected chi connectivity index (χ3v) is 2.18. The van der Waals surface area contributed by atoms with Gasteiger partial charge in [0.05, 0.1) is 0 Å². The summed E-state index contributed by atoms with van der Waals surface area (Å²) in [4.78, 5) is 10.0. The van der Waals surface area contributed by atoms with Crippen LogP contribution in [0.15, 0.2) is 24.3 Å². The van der Waals surface area contributed by atoms with E-state index in [0.29, 0.717) is 12.2 Å². The molecule has 1 rings (SSSR count). The molecule has 0 atom stereocenters. The molecule has 2 nitrogen and oxygen atoms in total. The fraction of sp³-hybridized carbons (Fsp3) is 0.417. The average molecular weight is 192 g/mol. The monoisotopic (exact) mass is 192 g/mol. The first-order valence-electron chi connectivity index (χ1n) is 5.06. The molecule has 0 bridgehead atoms. The molecule has 0 heterocycles. The summed E-state index contributed by atoms with van der Waals surface area (Å²) in [6, 6.07) is 7.67. The lowest BCUT2D eigenvalue weighted by Gasteiger charge is -2.01. The molecule has 0 unspecified atom stereocenters. The standard InChI is InChI=1S/C12H16O2/c1-2-3-4-5-11-6-8-12(9-7-11)14-10-13/h6-10H,2-5H2,1H3. The van der Waals surface area contributed by atoms with E-state index in [0.717, 1.165) is 6.42 Å². The molecule has 0 aliphatic rings. The van der Waals surface area contributed by atoms with Crippen molar-refractivity contribution in [3.05, 3.63) is 29.8 Å². The van der Waals surface area contributed by atoms with Gasteiger partial charge in [-0.15, -0.1) is 0 Å². The van der Waals surface area contributed by atoms with E-state index in [4.69, 9.17) is 4.74 Å². The van der Waals surface area contributed by atoms with E-state index in [1.165, 1.54) is 24.8 Å². The summed E-state index contributed by atoms with van der Waals surface area (Å²) in [5.74, 6) is 0.610. The Kier molecular flexibility index (Phi) is 4.76. The minimum Gasteiger partial charge on any atom is -0.429 e. The van der Waals surface area contributed by atoms with Crippen LogP contribution in [0.1, 0.15) is 31.7 Å². The molecule has 14 heavy (non-hydrogen) atoms. The van der Waals surface area contributed by atoms with Crippen molar-refractivity contribution in [2.45, 2.75) is 32.6 Å². The summed E-state index contributed by atoms with van der Waals surface area (Å²) in [5.41, 5.74) is 1.30. The van der Waals surface area contributed by atoms with Crippen LogP contribution in [0.3, 0.4) is 0 Å². The molecule has 0 amide bonds. The molecule has 0 saturated heterocycles. The molecule has 0 saturated carbocycles. The molecule has 0 aliphatic heterocycles. The Morgan fingerprint density at radius 2 is 1.93 bits per heavy atom. The number of carbonyl (C=O) groups excluding carboxylic acids is 1. The van der Waals surface area contributed by atoms with Crippen LogP contribution in [0.25, 0.3) is 0 Å². The maximum atomic E-state index is 10.0. The van der Waals surface area contributed by atoms with E-state index >= 15 is 0 Å². The summed E-state index contributed by atoms with van der Waals surface area (Å²) >= 11 is 0. The summed E-state index contributed by atoms with van der Waals surface area (Å²) in [6.45, 7) is 2.65. The van der Waals surface area contributed by atoms with Gasteiger partial charge in [-0.05, 0) is 30.5 Å². The van der Waals surface area contributed by atoms with Crippen LogP contribution in [0.2, 0.25) is 0 Å². The highest BCUT2D eigenvalue weighted by atomic mass is 16.5. The number of carbonyl (C=O) groups is 1. The van der Waals surface area contributed by atoms with Crippen LogP contribution in [-0.2, 0) is 11.2 Å². The van der Waals surface area contributed by atoms with Crippen molar-refractivity contribution in [3.8, 4) is 5.75 Å². The Hall–Kier alpha value is -1.31. The van der Waals surface area contributed by atoms with Gasteiger partial charge in [-0.2, -0.15) is 0 Å². The molecule has 76 valence electrons. The van der Waals surface area contributed by atoms with Gasteiger partial charge in [0.25, 0.3) is 6.47 Å². The van der Waals surface area contributed by atoms with E-state index in [-0.39, 0.29) is 0 Å². The lowest BCUT2D eigenvalue weighted by atomic mass is 10.1. The number of hydrogen-bond donors (Lipinski definition) is 0. The average Bonchev–Trinajstić information content (AvgIpc) is 2.21. The molecular weight excluding hydrogens is 176 g/mol. The highest BCUT2D eigenvalue weighted by Gasteiger charge is 1.94. The van der Waals surface area contributed by atoms with E-state index in [1.54, 1.807) is 0 Å². The molecule has 0 aromatic heterocycles. The second-order valence-electron chi connectivity index (χ2n) is 3.32. The number of hydrogen-bond acceptors (Lipinski definition) is 2. The highest BCUT2D eigenvalue weighted by Crippen LogP contribution is 2.13. The second-order valence-corrected chi connectivity index (χ2v) is 3.32. The van der Waals surface area contributed by atoms with Gasteiger partial charge in [0.2, 0.25) is 0 Å². The van der Waals surface area contributed by atoms with Crippen LogP contribution in [0.4, 0.5) is 0 Å². The number of aryl methyl sites for hydroxylation is 1. The van der Waals surface area contributed by atoms with Gasteiger partial charge in [0.15, 0.2) is 0 Å². The molecular formula is C12H16O2. The first-order valence-corrected chi connectivity index (χ1v) is 5.06. The summed E-state index contributed by atoms with van der Waals surface area (Å²) in [7, 11) is 0. The molecule has 1 aromatic carbocycles. The van der Waals surface area contributed by atoms with E-state index < -0.39 is 0 Å². The van der Waals surface area contributed by atoms with Gasteiger partial charge in [0.1, 0.15) is 5.75 Å². The van der Waals surface area contributed by atoms with Crippen molar-refractivity contribution in [2.24, 2.45) is 0 Å². The van der Waals surface area contributed by atoms with Gasteiger partial charge in [0, 0.05) is 0 Å². The van der Waals surface area contributed by atoms with E-state index in [2.05, 4.69) is 6.92 Å². The normalized spacial score (nSPS) is 9.79. The van der Waals surface area contributed by atoms with Crippen LogP contribution in [0.5, 0.6) is 5.75 Å². The SMILES string of the molecule is CCCCCc1ccc(OC=O)cc1. The molecule has 2 heteroatoms. The zero-order chi connectivity index (χ0) is 10.2. The molecule has 0 fully saturated rings. The van der Waals surface area contributed by atoms with Crippen LogP contribution in [-0.4, -0.2) is 6.47 Å².